The van der Waals surface area contributed by atoms with E-state index in [4.69, 9.17) is 17.4 Å². The lowest BCUT2D eigenvalue weighted by atomic mass is 10.0. The van der Waals surface area contributed by atoms with Crippen LogP contribution in [0.1, 0.15) is 24.4 Å². The van der Waals surface area contributed by atoms with Gasteiger partial charge in [-0.1, -0.05) is 23.7 Å². The summed E-state index contributed by atoms with van der Waals surface area (Å²) in [6.45, 7) is 0. The van der Waals surface area contributed by atoms with Crippen LogP contribution in [0.3, 0.4) is 0 Å². The normalized spacial score (nSPS) is 18.2. The first-order valence-electron chi connectivity index (χ1n) is 4.64. The minimum Gasteiger partial charge on any atom is -0.271 e. The van der Waals surface area contributed by atoms with Crippen LogP contribution in [0, 0.1) is 5.92 Å². The molecule has 0 bridgehead atoms. The largest absolute Gasteiger partial charge is 0.271 e. The van der Waals surface area contributed by atoms with Crippen molar-refractivity contribution in [3.8, 4) is 0 Å². The van der Waals surface area contributed by atoms with Crippen molar-refractivity contribution in [3.05, 3.63) is 33.3 Å². The van der Waals surface area contributed by atoms with Gasteiger partial charge in [-0.2, -0.15) is 0 Å². The summed E-state index contributed by atoms with van der Waals surface area (Å²) in [5.41, 5.74) is 3.93. The Morgan fingerprint density at radius 1 is 1.50 bits per heavy atom. The van der Waals surface area contributed by atoms with Gasteiger partial charge in [0.15, 0.2) is 0 Å². The highest BCUT2D eigenvalue weighted by Gasteiger charge is 2.32. The Hall–Kier alpha value is -0.0900. The summed E-state index contributed by atoms with van der Waals surface area (Å²) in [6, 6.07) is 6.14. The third-order valence-electron chi connectivity index (χ3n) is 2.59. The number of hydrazine groups is 1. The number of hydrogen-bond acceptors (Lipinski definition) is 2. The predicted octanol–water partition coefficient (Wildman–Crippen LogP) is 3.02. The van der Waals surface area contributed by atoms with E-state index in [0.29, 0.717) is 5.92 Å². The van der Waals surface area contributed by atoms with Crippen LogP contribution in [0.4, 0.5) is 0 Å². The van der Waals surface area contributed by atoms with Gasteiger partial charge >= 0.3 is 0 Å². The molecule has 14 heavy (non-hydrogen) atoms. The Labute approximate surface area is 96.9 Å². The second-order valence-corrected chi connectivity index (χ2v) is 4.86. The molecule has 76 valence electrons. The average Bonchev–Trinajstić information content (AvgIpc) is 2.97. The summed E-state index contributed by atoms with van der Waals surface area (Å²) >= 11 is 9.61. The summed E-state index contributed by atoms with van der Waals surface area (Å²) in [5, 5.41) is 0.766. The maximum Gasteiger partial charge on any atom is 0.0596 e. The van der Waals surface area contributed by atoms with Crippen LogP contribution >= 0.6 is 27.5 Å². The van der Waals surface area contributed by atoms with Gasteiger partial charge in [-0.3, -0.25) is 11.3 Å². The Kier molecular flexibility index (Phi) is 3.12. The van der Waals surface area contributed by atoms with E-state index in [2.05, 4.69) is 21.4 Å². The van der Waals surface area contributed by atoms with E-state index in [1.54, 1.807) is 0 Å². The molecule has 0 radical (unpaired) electrons. The molecule has 0 aliphatic heterocycles. The number of halogens is 2. The molecule has 0 heterocycles. The van der Waals surface area contributed by atoms with Gasteiger partial charge in [0, 0.05) is 4.47 Å². The quantitative estimate of drug-likeness (QED) is 0.657. The van der Waals surface area contributed by atoms with Gasteiger partial charge in [0.1, 0.15) is 0 Å². The maximum absolute atomic E-state index is 6.20. The SMILES string of the molecule is NNC(c1cccc(Br)c1Cl)C1CC1. The van der Waals surface area contributed by atoms with Crippen molar-refractivity contribution in [2.75, 3.05) is 0 Å². The van der Waals surface area contributed by atoms with Crippen molar-refractivity contribution in [3.63, 3.8) is 0 Å². The van der Waals surface area contributed by atoms with E-state index in [0.717, 1.165) is 15.1 Å². The molecule has 1 aliphatic carbocycles. The smallest absolute Gasteiger partial charge is 0.0596 e. The van der Waals surface area contributed by atoms with Crippen molar-refractivity contribution in [1.29, 1.82) is 0 Å². The fourth-order valence-electron chi connectivity index (χ4n) is 1.67. The van der Waals surface area contributed by atoms with E-state index in [1.807, 2.05) is 18.2 Å². The van der Waals surface area contributed by atoms with E-state index >= 15 is 0 Å². The lowest BCUT2D eigenvalue weighted by Gasteiger charge is -2.17. The first-order valence-corrected chi connectivity index (χ1v) is 5.81. The van der Waals surface area contributed by atoms with Crippen LogP contribution in [-0.4, -0.2) is 0 Å². The lowest BCUT2D eigenvalue weighted by Crippen LogP contribution is -2.29. The third-order valence-corrected chi connectivity index (χ3v) is 3.90. The van der Waals surface area contributed by atoms with Gasteiger partial charge in [-0.15, -0.1) is 0 Å². The fourth-order valence-corrected chi connectivity index (χ4v) is 2.30. The molecule has 0 aromatic heterocycles. The van der Waals surface area contributed by atoms with Gasteiger partial charge in [0.25, 0.3) is 0 Å². The molecule has 4 heteroatoms. The highest BCUT2D eigenvalue weighted by Crippen LogP contribution is 2.43. The topological polar surface area (TPSA) is 38.0 Å². The molecule has 2 nitrogen and oxygen atoms in total. The number of benzene rings is 1. The van der Waals surface area contributed by atoms with Crippen LogP contribution in [0.25, 0.3) is 0 Å². The molecule has 1 saturated carbocycles. The monoisotopic (exact) mass is 274 g/mol. The molecule has 1 unspecified atom stereocenters. The van der Waals surface area contributed by atoms with Crippen molar-refractivity contribution in [2.45, 2.75) is 18.9 Å². The summed E-state index contributed by atoms with van der Waals surface area (Å²) in [4.78, 5) is 0. The van der Waals surface area contributed by atoms with Gasteiger partial charge in [0.2, 0.25) is 0 Å². The Bertz CT molecular complexity index is 339. The van der Waals surface area contributed by atoms with Crippen molar-refractivity contribution in [1.82, 2.24) is 5.43 Å². The van der Waals surface area contributed by atoms with Gasteiger partial charge in [-0.05, 0) is 46.3 Å². The number of rotatable bonds is 3. The van der Waals surface area contributed by atoms with Crippen LogP contribution in [0.15, 0.2) is 22.7 Å². The minimum atomic E-state index is 0.194. The van der Waals surface area contributed by atoms with Crippen LogP contribution < -0.4 is 11.3 Å². The minimum absolute atomic E-state index is 0.194. The van der Waals surface area contributed by atoms with Crippen molar-refractivity contribution >= 4 is 27.5 Å². The predicted molar refractivity (Wildman–Crippen MR) is 61.9 cm³/mol. The molecular formula is C10H12BrClN2. The molecular weight excluding hydrogens is 263 g/mol. The second kappa shape index (κ2) is 4.19. The Balaban J connectivity index is 2.33. The molecule has 0 amide bonds. The molecule has 1 aromatic rings. The standard InChI is InChI=1S/C10H12BrClN2/c11-8-3-1-2-7(9(8)12)10(14-13)6-4-5-6/h1-3,6,10,14H,4-5,13H2. The molecule has 0 spiro atoms. The zero-order valence-electron chi connectivity index (χ0n) is 7.63. The highest BCUT2D eigenvalue weighted by molar-refractivity contribution is 9.10. The Morgan fingerprint density at radius 3 is 2.79 bits per heavy atom. The summed E-state index contributed by atoms with van der Waals surface area (Å²) < 4.78 is 0.928. The summed E-state index contributed by atoms with van der Waals surface area (Å²) in [7, 11) is 0. The molecule has 1 fully saturated rings. The van der Waals surface area contributed by atoms with Gasteiger partial charge < -0.3 is 0 Å². The second-order valence-electron chi connectivity index (χ2n) is 3.62. The van der Waals surface area contributed by atoms with Crippen molar-refractivity contribution < 1.29 is 0 Å². The van der Waals surface area contributed by atoms with E-state index in [-0.39, 0.29) is 6.04 Å². The Morgan fingerprint density at radius 2 is 2.21 bits per heavy atom. The van der Waals surface area contributed by atoms with Crippen LogP contribution in [-0.2, 0) is 0 Å². The number of nitrogens with two attached hydrogens (primary N) is 1. The first kappa shape index (κ1) is 10.4. The fraction of sp³-hybridized carbons (Fsp3) is 0.400. The molecule has 2 rings (SSSR count). The number of nitrogens with one attached hydrogen (secondary N) is 1. The number of hydrogen-bond donors (Lipinski definition) is 2. The molecule has 1 aromatic carbocycles. The van der Waals surface area contributed by atoms with Crippen LogP contribution in [0.5, 0.6) is 0 Å². The maximum atomic E-state index is 6.20. The van der Waals surface area contributed by atoms with E-state index in [1.165, 1.54) is 12.8 Å². The third kappa shape index (κ3) is 1.96. The van der Waals surface area contributed by atoms with Gasteiger partial charge in [0.05, 0.1) is 11.1 Å². The highest BCUT2D eigenvalue weighted by atomic mass is 79.9. The summed E-state index contributed by atoms with van der Waals surface area (Å²) in [6.07, 6.45) is 2.47. The van der Waals surface area contributed by atoms with Gasteiger partial charge in [-0.25, -0.2) is 0 Å². The van der Waals surface area contributed by atoms with Crippen LogP contribution in [0.2, 0.25) is 5.02 Å². The molecule has 3 N–H and O–H groups in total. The summed E-state index contributed by atoms with van der Waals surface area (Å²) in [5.74, 6) is 6.19. The van der Waals surface area contributed by atoms with E-state index in [9.17, 15) is 0 Å². The van der Waals surface area contributed by atoms with E-state index < -0.39 is 0 Å². The zero-order chi connectivity index (χ0) is 10.1. The molecule has 1 atom stereocenters. The van der Waals surface area contributed by atoms with Crippen molar-refractivity contribution in [2.24, 2.45) is 11.8 Å². The molecule has 1 aliphatic rings. The average molecular weight is 276 g/mol. The zero-order valence-corrected chi connectivity index (χ0v) is 9.98. The molecule has 0 saturated heterocycles. The lowest BCUT2D eigenvalue weighted by molar-refractivity contribution is 0.497. The first-order chi connectivity index (χ1) is 6.74.